The van der Waals surface area contributed by atoms with Gasteiger partial charge < -0.3 is 14.7 Å². The lowest BCUT2D eigenvalue weighted by atomic mass is 10.2. The SMILES string of the molecule is COc1cc(CN(C)C(=O)O)ccc1[N+](=O)[O-]. The number of rotatable bonds is 4. The highest BCUT2D eigenvalue weighted by Gasteiger charge is 2.15. The second-order valence-corrected chi connectivity index (χ2v) is 3.40. The Morgan fingerprint density at radius 3 is 2.71 bits per heavy atom. The van der Waals surface area contributed by atoms with E-state index in [1.807, 2.05) is 0 Å². The molecule has 1 rings (SSSR count). The van der Waals surface area contributed by atoms with E-state index in [-0.39, 0.29) is 18.0 Å². The Labute approximate surface area is 97.4 Å². The van der Waals surface area contributed by atoms with Crippen molar-refractivity contribution in [2.75, 3.05) is 14.2 Å². The Morgan fingerprint density at radius 1 is 1.59 bits per heavy atom. The van der Waals surface area contributed by atoms with E-state index in [1.54, 1.807) is 0 Å². The van der Waals surface area contributed by atoms with Crippen molar-refractivity contribution in [3.8, 4) is 5.75 Å². The molecule has 0 aliphatic carbocycles. The molecule has 0 heterocycles. The molecule has 0 aliphatic rings. The van der Waals surface area contributed by atoms with E-state index in [4.69, 9.17) is 9.84 Å². The molecule has 0 aromatic heterocycles. The first-order valence-electron chi connectivity index (χ1n) is 4.71. The smallest absolute Gasteiger partial charge is 0.407 e. The minimum Gasteiger partial charge on any atom is -0.490 e. The largest absolute Gasteiger partial charge is 0.490 e. The summed E-state index contributed by atoms with van der Waals surface area (Å²) < 4.78 is 4.88. The number of carboxylic acid groups (broad SMARTS) is 1. The molecule has 1 aromatic rings. The number of nitro benzene ring substituents is 1. The molecule has 0 aliphatic heterocycles. The van der Waals surface area contributed by atoms with Crippen molar-refractivity contribution in [2.45, 2.75) is 6.54 Å². The molecular weight excluding hydrogens is 228 g/mol. The third-order valence-electron chi connectivity index (χ3n) is 2.19. The molecule has 92 valence electrons. The summed E-state index contributed by atoms with van der Waals surface area (Å²) in [5.74, 6) is 0.117. The molecule has 1 amide bonds. The molecule has 0 bridgehead atoms. The molecule has 0 radical (unpaired) electrons. The standard InChI is InChI=1S/C10H12N2O5/c1-11(10(13)14)6-7-3-4-8(12(15)16)9(5-7)17-2/h3-5H,6H2,1-2H3,(H,13,14). The van der Waals surface area contributed by atoms with Crippen molar-refractivity contribution in [1.82, 2.24) is 4.90 Å². The Hall–Kier alpha value is -2.31. The van der Waals surface area contributed by atoms with Crippen LogP contribution in [0.4, 0.5) is 10.5 Å². The van der Waals surface area contributed by atoms with Crippen molar-refractivity contribution in [3.05, 3.63) is 33.9 Å². The second kappa shape index (κ2) is 5.15. The van der Waals surface area contributed by atoms with Gasteiger partial charge in [0.1, 0.15) is 0 Å². The van der Waals surface area contributed by atoms with Crippen LogP contribution in [0.5, 0.6) is 5.75 Å². The number of methoxy groups -OCH3 is 1. The minimum absolute atomic E-state index is 0.117. The van der Waals surface area contributed by atoms with Crippen molar-refractivity contribution in [3.63, 3.8) is 0 Å². The second-order valence-electron chi connectivity index (χ2n) is 3.40. The maximum Gasteiger partial charge on any atom is 0.407 e. The predicted octanol–water partition coefficient (Wildman–Crippen LogP) is 1.71. The van der Waals surface area contributed by atoms with Crippen LogP contribution in [0, 0.1) is 10.1 Å². The first kappa shape index (κ1) is 12.8. The van der Waals surface area contributed by atoms with E-state index < -0.39 is 11.0 Å². The minimum atomic E-state index is -1.07. The molecule has 0 saturated heterocycles. The maximum atomic E-state index is 10.6. The number of carbonyl (C=O) groups is 1. The molecule has 0 unspecified atom stereocenters. The summed E-state index contributed by atoms with van der Waals surface area (Å²) in [6, 6.07) is 4.25. The Balaban J connectivity index is 2.97. The lowest BCUT2D eigenvalue weighted by Crippen LogP contribution is -2.23. The molecule has 7 heteroatoms. The topological polar surface area (TPSA) is 92.9 Å². The molecule has 7 nitrogen and oxygen atoms in total. The van der Waals surface area contributed by atoms with Gasteiger partial charge in [-0.15, -0.1) is 0 Å². The molecule has 0 atom stereocenters. The fraction of sp³-hybridized carbons (Fsp3) is 0.300. The average molecular weight is 240 g/mol. The monoisotopic (exact) mass is 240 g/mol. The van der Waals surface area contributed by atoms with Gasteiger partial charge in [0.05, 0.1) is 12.0 Å². The fourth-order valence-corrected chi connectivity index (χ4v) is 1.31. The van der Waals surface area contributed by atoms with E-state index in [2.05, 4.69) is 0 Å². The highest BCUT2D eigenvalue weighted by atomic mass is 16.6. The van der Waals surface area contributed by atoms with E-state index in [1.165, 1.54) is 32.4 Å². The van der Waals surface area contributed by atoms with E-state index in [9.17, 15) is 14.9 Å². The molecule has 17 heavy (non-hydrogen) atoms. The van der Waals surface area contributed by atoms with E-state index >= 15 is 0 Å². The summed E-state index contributed by atoms with van der Waals surface area (Å²) in [4.78, 5) is 21.8. The zero-order chi connectivity index (χ0) is 13.0. The zero-order valence-corrected chi connectivity index (χ0v) is 9.41. The van der Waals surface area contributed by atoms with Crippen LogP contribution in [-0.2, 0) is 6.54 Å². The number of hydrogen-bond acceptors (Lipinski definition) is 4. The molecular formula is C10H12N2O5. The summed E-state index contributed by atoms with van der Waals surface area (Å²) in [5, 5.41) is 19.3. The van der Waals surface area contributed by atoms with Gasteiger partial charge in [-0.3, -0.25) is 10.1 Å². The van der Waals surface area contributed by atoms with Gasteiger partial charge in [0.2, 0.25) is 0 Å². The van der Waals surface area contributed by atoms with Gasteiger partial charge in [-0.2, -0.15) is 0 Å². The van der Waals surface area contributed by atoms with Gasteiger partial charge >= 0.3 is 11.8 Å². The number of amides is 1. The maximum absolute atomic E-state index is 10.6. The van der Waals surface area contributed by atoms with Crippen LogP contribution in [0.3, 0.4) is 0 Å². The number of hydrogen-bond donors (Lipinski definition) is 1. The van der Waals surface area contributed by atoms with Gasteiger partial charge in [0.15, 0.2) is 5.75 Å². The summed E-state index contributed by atoms with van der Waals surface area (Å²) in [6.07, 6.45) is -1.07. The summed E-state index contributed by atoms with van der Waals surface area (Å²) >= 11 is 0. The molecule has 1 N–H and O–H groups in total. The van der Waals surface area contributed by atoms with E-state index in [0.717, 1.165) is 4.90 Å². The van der Waals surface area contributed by atoms with Crippen LogP contribution in [0.15, 0.2) is 18.2 Å². The van der Waals surface area contributed by atoms with Crippen LogP contribution in [0.25, 0.3) is 0 Å². The van der Waals surface area contributed by atoms with Crippen molar-refractivity contribution in [2.24, 2.45) is 0 Å². The molecule has 0 saturated carbocycles. The van der Waals surface area contributed by atoms with Gasteiger partial charge in [-0.25, -0.2) is 4.79 Å². The number of nitro groups is 1. The first-order chi connectivity index (χ1) is 7.95. The van der Waals surface area contributed by atoms with Crippen LogP contribution in [-0.4, -0.2) is 35.2 Å². The Bertz CT molecular complexity index is 446. The average Bonchev–Trinajstić information content (AvgIpc) is 2.28. The van der Waals surface area contributed by atoms with Crippen LogP contribution < -0.4 is 4.74 Å². The van der Waals surface area contributed by atoms with Gasteiger partial charge in [-0.05, 0) is 11.6 Å². The van der Waals surface area contributed by atoms with Crippen molar-refractivity contribution >= 4 is 11.8 Å². The summed E-state index contributed by atoms with van der Waals surface area (Å²) in [5.41, 5.74) is 0.478. The third kappa shape index (κ3) is 3.07. The summed E-state index contributed by atoms with van der Waals surface area (Å²) in [6.45, 7) is 0.143. The van der Waals surface area contributed by atoms with Crippen molar-refractivity contribution < 1.29 is 19.6 Å². The normalized spacial score (nSPS) is 9.76. The number of benzene rings is 1. The highest BCUT2D eigenvalue weighted by molar-refractivity contribution is 5.64. The molecule has 1 aromatic carbocycles. The quantitative estimate of drug-likeness (QED) is 0.638. The van der Waals surface area contributed by atoms with Crippen LogP contribution in [0.1, 0.15) is 5.56 Å². The number of nitrogens with zero attached hydrogens (tertiary/aromatic N) is 2. The zero-order valence-electron chi connectivity index (χ0n) is 9.41. The highest BCUT2D eigenvalue weighted by Crippen LogP contribution is 2.27. The summed E-state index contributed by atoms with van der Waals surface area (Å²) in [7, 11) is 2.74. The Kier molecular flexibility index (Phi) is 3.86. The van der Waals surface area contributed by atoms with Crippen molar-refractivity contribution in [1.29, 1.82) is 0 Å². The van der Waals surface area contributed by atoms with E-state index in [0.29, 0.717) is 5.56 Å². The van der Waals surface area contributed by atoms with Crippen LogP contribution >= 0.6 is 0 Å². The first-order valence-corrected chi connectivity index (χ1v) is 4.71. The Morgan fingerprint density at radius 2 is 2.24 bits per heavy atom. The lowest BCUT2D eigenvalue weighted by molar-refractivity contribution is -0.385. The third-order valence-corrected chi connectivity index (χ3v) is 2.19. The molecule has 0 spiro atoms. The predicted molar refractivity (Wildman–Crippen MR) is 59.1 cm³/mol. The molecule has 0 fully saturated rings. The number of ether oxygens (including phenoxy) is 1. The van der Waals surface area contributed by atoms with Gasteiger partial charge in [0, 0.05) is 19.7 Å². The van der Waals surface area contributed by atoms with Crippen LogP contribution in [0.2, 0.25) is 0 Å². The lowest BCUT2D eigenvalue weighted by Gasteiger charge is -2.13. The van der Waals surface area contributed by atoms with Gasteiger partial charge in [0.25, 0.3) is 0 Å². The fourth-order valence-electron chi connectivity index (χ4n) is 1.31. The van der Waals surface area contributed by atoms with Gasteiger partial charge in [-0.1, -0.05) is 6.07 Å².